The van der Waals surface area contributed by atoms with E-state index >= 15 is 0 Å². The van der Waals surface area contributed by atoms with E-state index < -0.39 is 11.5 Å². The number of hydrogen-bond acceptors (Lipinski definition) is 4. The minimum absolute atomic E-state index is 0.0987. The van der Waals surface area contributed by atoms with E-state index in [1.54, 1.807) is 6.07 Å². The standard InChI is InChI=1S/C13H17BrN2O4/c1-8(2)13(19)6-16(7-13)11(17)5-15-12(18)9-3-4-10(14)20-9/h3-4,8,19H,5-7H2,1-2H3,(H,15,18). The van der Waals surface area contributed by atoms with Gasteiger partial charge < -0.3 is 19.7 Å². The van der Waals surface area contributed by atoms with Crippen molar-refractivity contribution in [3.8, 4) is 0 Å². The van der Waals surface area contributed by atoms with Gasteiger partial charge in [0.1, 0.15) is 5.60 Å². The molecule has 0 radical (unpaired) electrons. The van der Waals surface area contributed by atoms with Crippen molar-refractivity contribution in [1.29, 1.82) is 0 Å². The summed E-state index contributed by atoms with van der Waals surface area (Å²) in [6.07, 6.45) is 0. The van der Waals surface area contributed by atoms with Crippen molar-refractivity contribution < 1.29 is 19.1 Å². The molecule has 7 heteroatoms. The minimum atomic E-state index is -0.800. The van der Waals surface area contributed by atoms with E-state index in [2.05, 4.69) is 21.2 Å². The summed E-state index contributed by atoms with van der Waals surface area (Å²) in [4.78, 5) is 25.0. The number of rotatable bonds is 4. The van der Waals surface area contributed by atoms with Crippen LogP contribution in [-0.2, 0) is 4.79 Å². The molecule has 20 heavy (non-hydrogen) atoms. The fourth-order valence-corrected chi connectivity index (χ4v) is 2.25. The number of β-amino-alcohol motifs (C(OH)–C–C–N with tert-alkyl or cyclic N) is 1. The van der Waals surface area contributed by atoms with Gasteiger partial charge in [-0.3, -0.25) is 9.59 Å². The maximum atomic E-state index is 11.8. The van der Waals surface area contributed by atoms with Crippen molar-refractivity contribution in [2.75, 3.05) is 19.6 Å². The largest absolute Gasteiger partial charge is 0.444 e. The van der Waals surface area contributed by atoms with Crippen molar-refractivity contribution in [2.24, 2.45) is 5.92 Å². The third kappa shape index (κ3) is 3.04. The Bertz CT molecular complexity index is 520. The summed E-state index contributed by atoms with van der Waals surface area (Å²) < 4.78 is 5.54. The lowest BCUT2D eigenvalue weighted by molar-refractivity contribution is -0.162. The number of likely N-dealkylation sites (tertiary alicyclic amines) is 1. The van der Waals surface area contributed by atoms with Crippen molar-refractivity contribution in [1.82, 2.24) is 10.2 Å². The van der Waals surface area contributed by atoms with Crippen molar-refractivity contribution in [3.63, 3.8) is 0 Å². The molecule has 0 atom stereocenters. The monoisotopic (exact) mass is 344 g/mol. The Morgan fingerprint density at radius 3 is 2.65 bits per heavy atom. The molecule has 0 aliphatic carbocycles. The minimum Gasteiger partial charge on any atom is -0.444 e. The fraction of sp³-hybridized carbons (Fsp3) is 0.538. The Hall–Kier alpha value is -1.34. The second-order valence-electron chi connectivity index (χ2n) is 5.29. The van der Waals surface area contributed by atoms with Crippen molar-refractivity contribution in [2.45, 2.75) is 19.4 Å². The summed E-state index contributed by atoms with van der Waals surface area (Å²) in [5.74, 6) is -0.411. The number of nitrogens with one attached hydrogen (secondary N) is 1. The number of aliphatic hydroxyl groups is 1. The molecular weight excluding hydrogens is 328 g/mol. The normalized spacial score (nSPS) is 16.9. The summed E-state index contributed by atoms with van der Waals surface area (Å²) in [6.45, 7) is 4.35. The number of nitrogens with zero attached hydrogens (tertiary/aromatic N) is 1. The van der Waals surface area contributed by atoms with Gasteiger partial charge in [0.05, 0.1) is 19.6 Å². The molecule has 0 bridgehead atoms. The van der Waals surface area contributed by atoms with Gasteiger partial charge in [-0.15, -0.1) is 0 Å². The van der Waals surface area contributed by atoms with Crippen LogP contribution in [0.1, 0.15) is 24.4 Å². The maximum absolute atomic E-state index is 11.8. The van der Waals surface area contributed by atoms with E-state index in [0.29, 0.717) is 17.8 Å². The molecule has 6 nitrogen and oxygen atoms in total. The van der Waals surface area contributed by atoms with Crippen LogP contribution in [0, 0.1) is 5.92 Å². The van der Waals surface area contributed by atoms with E-state index in [1.807, 2.05) is 13.8 Å². The lowest BCUT2D eigenvalue weighted by Gasteiger charge is -2.49. The first-order valence-corrected chi connectivity index (χ1v) is 7.15. The maximum Gasteiger partial charge on any atom is 0.287 e. The topological polar surface area (TPSA) is 82.8 Å². The molecule has 2 amide bonds. The summed E-state index contributed by atoms with van der Waals surface area (Å²) in [7, 11) is 0. The fourth-order valence-electron chi connectivity index (χ4n) is 1.95. The molecule has 0 saturated carbocycles. The lowest BCUT2D eigenvalue weighted by Crippen LogP contribution is -2.67. The summed E-state index contributed by atoms with van der Waals surface area (Å²) in [5.41, 5.74) is -0.800. The van der Waals surface area contributed by atoms with Gasteiger partial charge in [-0.1, -0.05) is 13.8 Å². The van der Waals surface area contributed by atoms with Gasteiger partial charge in [-0.25, -0.2) is 0 Å². The molecule has 0 unspecified atom stereocenters. The predicted octanol–water partition coefficient (Wildman–Crippen LogP) is 1.00. The molecule has 1 aliphatic heterocycles. The number of halogens is 1. The van der Waals surface area contributed by atoms with Crippen LogP contribution < -0.4 is 5.32 Å². The van der Waals surface area contributed by atoms with Gasteiger partial charge >= 0.3 is 0 Å². The molecule has 1 aromatic rings. The van der Waals surface area contributed by atoms with Crippen molar-refractivity contribution in [3.05, 3.63) is 22.6 Å². The Balaban J connectivity index is 1.78. The van der Waals surface area contributed by atoms with Crippen LogP contribution in [0.3, 0.4) is 0 Å². The Labute approximate surface area is 125 Å². The molecule has 1 aliphatic rings. The van der Waals surface area contributed by atoms with Crippen LogP contribution in [-0.4, -0.2) is 47.1 Å². The zero-order valence-corrected chi connectivity index (χ0v) is 12.9. The second kappa shape index (κ2) is 5.57. The van der Waals surface area contributed by atoms with Crippen LogP contribution in [0.5, 0.6) is 0 Å². The Morgan fingerprint density at radius 1 is 1.50 bits per heavy atom. The zero-order valence-electron chi connectivity index (χ0n) is 11.4. The second-order valence-corrected chi connectivity index (χ2v) is 6.08. The molecular formula is C13H17BrN2O4. The van der Waals surface area contributed by atoms with Crippen LogP contribution in [0.4, 0.5) is 0 Å². The number of furan rings is 1. The number of hydrogen-bond donors (Lipinski definition) is 2. The molecule has 110 valence electrons. The molecule has 2 N–H and O–H groups in total. The van der Waals surface area contributed by atoms with Gasteiger partial charge in [-0.2, -0.15) is 0 Å². The highest BCUT2D eigenvalue weighted by Gasteiger charge is 2.45. The van der Waals surface area contributed by atoms with Gasteiger partial charge in [0, 0.05) is 0 Å². The van der Waals surface area contributed by atoms with Gasteiger partial charge in [-0.05, 0) is 34.0 Å². The molecule has 0 aromatic carbocycles. The van der Waals surface area contributed by atoms with Crippen LogP contribution in [0.15, 0.2) is 21.2 Å². The van der Waals surface area contributed by atoms with Gasteiger partial charge in [0.15, 0.2) is 10.4 Å². The molecule has 2 heterocycles. The number of amides is 2. The van der Waals surface area contributed by atoms with E-state index in [9.17, 15) is 14.7 Å². The molecule has 1 aromatic heterocycles. The lowest BCUT2D eigenvalue weighted by atomic mass is 9.83. The predicted molar refractivity (Wildman–Crippen MR) is 75.1 cm³/mol. The summed E-state index contributed by atoms with van der Waals surface area (Å²) in [6, 6.07) is 3.12. The first kappa shape index (κ1) is 15.1. The van der Waals surface area contributed by atoms with Crippen LogP contribution in [0.25, 0.3) is 0 Å². The first-order valence-electron chi connectivity index (χ1n) is 6.35. The highest BCUT2D eigenvalue weighted by molar-refractivity contribution is 9.10. The Morgan fingerprint density at radius 2 is 2.15 bits per heavy atom. The summed E-state index contributed by atoms with van der Waals surface area (Å²) >= 11 is 3.10. The SMILES string of the molecule is CC(C)C1(O)CN(C(=O)CNC(=O)c2ccc(Br)o2)C1. The number of carbonyl (C=O) groups excluding carboxylic acids is 2. The quantitative estimate of drug-likeness (QED) is 0.853. The van der Waals surface area contributed by atoms with Gasteiger partial charge in [0.25, 0.3) is 5.91 Å². The van der Waals surface area contributed by atoms with Crippen molar-refractivity contribution >= 4 is 27.7 Å². The first-order chi connectivity index (χ1) is 9.32. The highest BCUT2D eigenvalue weighted by atomic mass is 79.9. The highest BCUT2D eigenvalue weighted by Crippen LogP contribution is 2.28. The molecule has 0 spiro atoms. The van der Waals surface area contributed by atoms with E-state index in [0.717, 1.165) is 0 Å². The average molecular weight is 345 g/mol. The zero-order chi connectivity index (χ0) is 14.9. The van der Waals surface area contributed by atoms with Gasteiger partial charge in [0.2, 0.25) is 5.91 Å². The van der Waals surface area contributed by atoms with E-state index in [1.165, 1.54) is 11.0 Å². The van der Waals surface area contributed by atoms with Crippen LogP contribution in [0.2, 0.25) is 0 Å². The molecule has 1 fully saturated rings. The van der Waals surface area contributed by atoms with E-state index in [-0.39, 0.29) is 24.1 Å². The average Bonchev–Trinajstić information content (AvgIpc) is 2.78. The van der Waals surface area contributed by atoms with Crippen LogP contribution >= 0.6 is 15.9 Å². The van der Waals surface area contributed by atoms with E-state index in [4.69, 9.17) is 4.42 Å². The molecule has 2 rings (SSSR count). The Kier molecular flexibility index (Phi) is 4.19. The molecule has 1 saturated heterocycles. The number of carbonyl (C=O) groups is 2. The smallest absolute Gasteiger partial charge is 0.287 e. The summed E-state index contributed by atoms with van der Waals surface area (Å²) in [5, 5.41) is 12.6. The third-order valence-electron chi connectivity index (χ3n) is 3.55. The third-order valence-corrected chi connectivity index (χ3v) is 3.98.